The highest BCUT2D eigenvalue weighted by atomic mass is 32.2. The minimum atomic E-state index is -0.250. The van der Waals surface area contributed by atoms with E-state index in [9.17, 15) is 4.39 Å². The number of nitrogens with one attached hydrogen (secondary N) is 2. The summed E-state index contributed by atoms with van der Waals surface area (Å²) in [5.41, 5.74) is 1.79. The maximum atomic E-state index is 13.5. The Labute approximate surface area is 210 Å². The standard InChI is InChI=1S/C22H22FN3S4.CH2O2/c1-22(11-16-9-14-7-8-15(23)10-17(14)25-16)13-29-20(26-22)12-28-18-5-3-4-6-19(18)30-21(27)24-2;2-1-3/h3-10,25H,11-13H2,1-2H3,(H,24,27);1H,(H,2,3). The molecule has 3 N–H and O–H groups in total. The van der Waals surface area contributed by atoms with Gasteiger partial charge in [-0.3, -0.25) is 9.79 Å². The normalized spacial score (nSPS) is 17.2. The molecule has 2 aromatic carbocycles. The summed E-state index contributed by atoms with van der Waals surface area (Å²) in [7, 11) is 1.85. The van der Waals surface area contributed by atoms with Gasteiger partial charge in [-0.15, -0.1) is 23.5 Å². The number of aromatic nitrogens is 1. The van der Waals surface area contributed by atoms with E-state index < -0.39 is 0 Å². The molecule has 2 heterocycles. The smallest absolute Gasteiger partial charge is 0.290 e. The Morgan fingerprint density at radius 1 is 1.33 bits per heavy atom. The van der Waals surface area contributed by atoms with Gasteiger partial charge in [0.05, 0.1) is 10.6 Å². The number of hydrogen-bond acceptors (Lipinski definition) is 6. The summed E-state index contributed by atoms with van der Waals surface area (Å²) in [4.78, 5) is 19.1. The summed E-state index contributed by atoms with van der Waals surface area (Å²) >= 11 is 10.5. The van der Waals surface area contributed by atoms with E-state index in [2.05, 4.69) is 41.5 Å². The van der Waals surface area contributed by atoms with Crippen molar-refractivity contribution < 1.29 is 14.3 Å². The van der Waals surface area contributed by atoms with Crippen molar-refractivity contribution in [2.24, 2.45) is 4.99 Å². The molecular formula is C23H24FN3O2S4. The monoisotopic (exact) mass is 521 g/mol. The molecule has 1 aliphatic heterocycles. The molecule has 0 spiro atoms. The van der Waals surface area contributed by atoms with Crippen LogP contribution in [-0.2, 0) is 11.2 Å². The molecule has 0 radical (unpaired) electrons. The number of aliphatic imine (C=N–C) groups is 1. The molecule has 1 aromatic heterocycles. The number of halogens is 1. The molecule has 1 unspecified atom stereocenters. The number of aromatic amines is 1. The molecular weight excluding hydrogens is 498 g/mol. The molecule has 3 aromatic rings. The van der Waals surface area contributed by atoms with Crippen molar-refractivity contribution in [2.75, 3.05) is 18.6 Å². The number of fused-ring (bicyclic) bond motifs is 1. The summed E-state index contributed by atoms with van der Waals surface area (Å²) in [5, 5.41) is 12.1. The fraction of sp³-hybridized carbons (Fsp3) is 0.261. The number of thiocarbonyl (C=S) groups is 1. The fourth-order valence-electron chi connectivity index (χ4n) is 3.38. The lowest BCUT2D eigenvalue weighted by atomic mass is 9.99. The molecule has 0 amide bonds. The SMILES string of the molecule is CNC(=S)Sc1ccccc1SCC1=NC(C)(Cc2cc3ccc(F)cc3[nH]2)CS1.O=CO. The lowest BCUT2D eigenvalue weighted by Gasteiger charge is -2.18. The number of carbonyl (C=O) groups is 1. The predicted octanol–water partition coefficient (Wildman–Crippen LogP) is 5.84. The number of hydrogen-bond donors (Lipinski definition) is 3. The van der Waals surface area contributed by atoms with Gasteiger partial charge in [0.15, 0.2) is 0 Å². The highest BCUT2D eigenvalue weighted by Crippen LogP contribution is 2.36. The number of thioether (sulfide) groups is 3. The van der Waals surface area contributed by atoms with Gasteiger partial charge < -0.3 is 15.4 Å². The van der Waals surface area contributed by atoms with Gasteiger partial charge in [-0.2, -0.15) is 0 Å². The Kier molecular flexibility index (Phi) is 9.25. The van der Waals surface area contributed by atoms with Crippen LogP contribution in [0.2, 0.25) is 0 Å². The summed E-state index contributed by atoms with van der Waals surface area (Å²) in [6.07, 6.45) is 0.813. The Morgan fingerprint density at radius 3 is 2.79 bits per heavy atom. The molecule has 1 atom stereocenters. The van der Waals surface area contributed by atoms with Gasteiger partial charge >= 0.3 is 0 Å². The third-order valence-electron chi connectivity index (χ3n) is 4.76. The number of nitrogens with zero attached hydrogens (tertiary/aromatic N) is 1. The molecule has 0 aliphatic carbocycles. The third-order valence-corrected chi connectivity index (χ3v) is 8.91. The van der Waals surface area contributed by atoms with Crippen molar-refractivity contribution >= 4 is 74.2 Å². The van der Waals surface area contributed by atoms with E-state index in [0.29, 0.717) is 0 Å². The second kappa shape index (κ2) is 11.9. The molecule has 10 heteroatoms. The lowest BCUT2D eigenvalue weighted by Crippen LogP contribution is -2.25. The number of benzene rings is 2. The van der Waals surface area contributed by atoms with Crippen LogP contribution in [0.3, 0.4) is 0 Å². The quantitative estimate of drug-likeness (QED) is 0.214. The van der Waals surface area contributed by atoms with Crippen LogP contribution in [0.5, 0.6) is 0 Å². The van der Waals surface area contributed by atoms with E-state index >= 15 is 0 Å². The molecule has 33 heavy (non-hydrogen) atoms. The van der Waals surface area contributed by atoms with Crippen LogP contribution in [0.25, 0.3) is 10.9 Å². The first kappa shape index (κ1) is 25.6. The second-order valence-corrected chi connectivity index (χ2v) is 11.3. The molecule has 0 bridgehead atoms. The zero-order valence-corrected chi connectivity index (χ0v) is 21.4. The van der Waals surface area contributed by atoms with Crippen molar-refractivity contribution in [3.8, 4) is 0 Å². The zero-order chi connectivity index (χ0) is 23.8. The van der Waals surface area contributed by atoms with E-state index in [1.165, 1.54) is 20.9 Å². The molecule has 1 aliphatic rings. The summed E-state index contributed by atoms with van der Waals surface area (Å²) in [5.74, 6) is 1.58. The Balaban J connectivity index is 0.000000968. The summed E-state index contributed by atoms with van der Waals surface area (Å²) in [6.45, 7) is 1.94. The maximum absolute atomic E-state index is 13.5. The predicted molar refractivity (Wildman–Crippen MR) is 144 cm³/mol. The van der Waals surface area contributed by atoms with E-state index in [-0.39, 0.29) is 17.8 Å². The number of H-pyrrole nitrogens is 1. The van der Waals surface area contributed by atoms with Gasteiger partial charge in [-0.1, -0.05) is 36.1 Å². The second-order valence-electron chi connectivity index (χ2n) is 7.47. The van der Waals surface area contributed by atoms with Gasteiger partial charge in [-0.05, 0) is 48.7 Å². The van der Waals surface area contributed by atoms with Crippen LogP contribution in [0.1, 0.15) is 12.6 Å². The fourth-order valence-corrected chi connectivity index (χ4v) is 6.73. The Bertz CT molecular complexity index is 1170. The van der Waals surface area contributed by atoms with Crippen LogP contribution in [-0.4, -0.2) is 50.0 Å². The van der Waals surface area contributed by atoms with Gasteiger partial charge in [0, 0.05) is 46.0 Å². The molecule has 4 rings (SSSR count). The van der Waals surface area contributed by atoms with Crippen molar-refractivity contribution in [1.82, 2.24) is 10.3 Å². The van der Waals surface area contributed by atoms with Gasteiger partial charge in [0.1, 0.15) is 10.1 Å². The molecule has 0 saturated carbocycles. The summed E-state index contributed by atoms with van der Waals surface area (Å²) < 4.78 is 14.2. The van der Waals surface area contributed by atoms with E-state index in [0.717, 1.165) is 38.8 Å². The van der Waals surface area contributed by atoms with Crippen LogP contribution in [0, 0.1) is 5.82 Å². The van der Waals surface area contributed by atoms with Gasteiger partial charge in [-0.25, -0.2) is 4.39 Å². The van der Waals surface area contributed by atoms with Crippen molar-refractivity contribution in [3.05, 3.63) is 60.0 Å². The van der Waals surface area contributed by atoms with E-state index in [1.807, 2.05) is 30.9 Å². The van der Waals surface area contributed by atoms with Gasteiger partial charge in [0.2, 0.25) is 0 Å². The Morgan fingerprint density at radius 2 is 2.06 bits per heavy atom. The highest BCUT2D eigenvalue weighted by Gasteiger charge is 2.31. The van der Waals surface area contributed by atoms with Crippen LogP contribution in [0.4, 0.5) is 4.39 Å². The lowest BCUT2D eigenvalue weighted by molar-refractivity contribution is -0.122. The average Bonchev–Trinajstić information content (AvgIpc) is 3.35. The molecule has 5 nitrogen and oxygen atoms in total. The van der Waals surface area contributed by atoms with Crippen molar-refractivity contribution in [3.63, 3.8) is 0 Å². The average molecular weight is 522 g/mol. The minimum absolute atomic E-state index is 0.151. The third kappa shape index (κ3) is 7.23. The number of rotatable bonds is 6. The van der Waals surface area contributed by atoms with Crippen LogP contribution < -0.4 is 5.32 Å². The zero-order valence-electron chi connectivity index (χ0n) is 18.1. The minimum Gasteiger partial charge on any atom is -0.483 e. The topological polar surface area (TPSA) is 77.5 Å². The highest BCUT2D eigenvalue weighted by molar-refractivity contribution is 8.23. The van der Waals surface area contributed by atoms with E-state index in [4.69, 9.17) is 27.1 Å². The van der Waals surface area contributed by atoms with Crippen LogP contribution in [0.15, 0.2) is 63.3 Å². The molecule has 0 saturated heterocycles. The largest absolute Gasteiger partial charge is 0.483 e. The van der Waals surface area contributed by atoms with E-state index in [1.54, 1.807) is 29.6 Å². The first-order chi connectivity index (χ1) is 15.9. The summed E-state index contributed by atoms with van der Waals surface area (Å²) in [6, 6.07) is 15.3. The van der Waals surface area contributed by atoms with Crippen molar-refractivity contribution in [2.45, 2.75) is 28.7 Å². The van der Waals surface area contributed by atoms with Gasteiger partial charge in [0.25, 0.3) is 6.47 Å². The number of carboxylic acid groups (broad SMARTS) is 1. The van der Waals surface area contributed by atoms with Crippen LogP contribution >= 0.6 is 47.5 Å². The molecule has 174 valence electrons. The Hall–Kier alpha value is -2.01. The first-order valence-corrected chi connectivity index (χ1v) is 13.2. The van der Waals surface area contributed by atoms with Crippen molar-refractivity contribution in [1.29, 1.82) is 0 Å². The first-order valence-electron chi connectivity index (χ1n) is 10.0. The maximum Gasteiger partial charge on any atom is 0.290 e. The molecule has 0 fully saturated rings.